The van der Waals surface area contributed by atoms with E-state index in [0.717, 1.165) is 10.3 Å². The van der Waals surface area contributed by atoms with Gasteiger partial charge in [0.05, 0.1) is 5.56 Å². The lowest BCUT2D eigenvalue weighted by Gasteiger charge is -2.07. The fourth-order valence-corrected chi connectivity index (χ4v) is 2.57. The number of halogens is 1. The summed E-state index contributed by atoms with van der Waals surface area (Å²) in [4.78, 5) is 16.8. The summed E-state index contributed by atoms with van der Waals surface area (Å²) in [5.41, 5.74) is 0.575. The van der Waals surface area contributed by atoms with E-state index in [1.54, 1.807) is 18.3 Å². The first kappa shape index (κ1) is 14.1. The standard InChI is InChI=1S/C13H14BrN3OS/c1-17-7-6-15-12(17)4-5-16-13(18)10-3-2-9(14)8-11(10)19/h2-3,6-8,19H,4-5H2,1H3,(H,16,18). The summed E-state index contributed by atoms with van der Waals surface area (Å²) in [5.74, 6) is 0.828. The minimum atomic E-state index is -0.119. The van der Waals surface area contributed by atoms with Gasteiger partial charge in [-0.15, -0.1) is 12.6 Å². The third-order valence-electron chi connectivity index (χ3n) is 2.76. The molecule has 100 valence electrons. The molecular formula is C13H14BrN3OS. The number of carbonyl (C=O) groups excluding carboxylic acids is 1. The van der Waals surface area contributed by atoms with Crippen LogP contribution in [0.5, 0.6) is 0 Å². The number of aryl methyl sites for hydroxylation is 1. The van der Waals surface area contributed by atoms with Crippen molar-refractivity contribution in [1.82, 2.24) is 14.9 Å². The van der Waals surface area contributed by atoms with Crippen LogP contribution in [-0.2, 0) is 13.5 Å². The summed E-state index contributed by atoms with van der Waals surface area (Å²) in [5, 5.41) is 2.87. The lowest BCUT2D eigenvalue weighted by Crippen LogP contribution is -2.26. The third-order valence-corrected chi connectivity index (χ3v) is 3.62. The highest BCUT2D eigenvalue weighted by Crippen LogP contribution is 2.19. The van der Waals surface area contributed by atoms with E-state index in [0.29, 0.717) is 23.4 Å². The Labute approximate surface area is 125 Å². The number of thiol groups is 1. The Kier molecular flexibility index (Phi) is 4.66. The number of hydrogen-bond acceptors (Lipinski definition) is 3. The highest BCUT2D eigenvalue weighted by atomic mass is 79.9. The van der Waals surface area contributed by atoms with Crippen LogP contribution in [0.2, 0.25) is 0 Å². The van der Waals surface area contributed by atoms with Gasteiger partial charge in [0, 0.05) is 41.8 Å². The largest absolute Gasteiger partial charge is 0.352 e. The van der Waals surface area contributed by atoms with E-state index in [4.69, 9.17) is 0 Å². The van der Waals surface area contributed by atoms with E-state index < -0.39 is 0 Å². The molecule has 0 aliphatic carbocycles. The number of benzene rings is 1. The lowest BCUT2D eigenvalue weighted by atomic mass is 10.2. The number of aromatic nitrogens is 2. The van der Waals surface area contributed by atoms with Gasteiger partial charge < -0.3 is 9.88 Å². The molecule has 0 fully saturated rings. The van der Waals surface area contributed by atoms with Crippen LogP contribution in [0.15, 0.2) is 40.0 Å². The van der Waals surface area contributed by atoms with Crippen LogP contribution in [0.25, 0.3) is 0 Å². The molecule has 1 heterocycles. The maximum atomic E-state index is 12.0. The molecule has 6 heteroatoms. The molecule has 0 atom stereocenters. The van der Waals surface area contributed by atoms with Crippen molar-refractivity contribution in [3.8, 4) is 0 Å². The summed E-state index contributed by atoms with van der Waals surface area (Å²) in [6.07, 6.45) is 4.34. The average Bonchev–Trinajstić information content (AvgIpc) is 2.75. The zero-order valence-electron chi connectivity index (χ0n) is 10.4. The number of imidazole rings is 1. The summed E-state index contributed by atoms with van der Waals surface area (Å²) in [7, 11) is 1.94. The molecule has 2 rings (SSSR count). The molecular weight excluding hydrogens is 326 g/mol. The predicted octanol–water partition coefficient (Wildman–Crippen LogP) is 2.44. The number of rotatable bonds is 4. The van der Waals surface area contributed by atoms with Crippen LogP contribution in [-0.4, -0.2) is 22.0 Å². The second-order valence-corrected chi connectivity index (χ2v) is 5.52. The number of hydrogen-bond donors (Lipinski definition) is 2. The molecule has 0 bridgehead atoms. The minimum absolute atomic E-state index is 0.119. The van der Waals surface area contributed by atoms with Crippen molar-refractivity contribution >= 4 is 34.5 Å². The quantitative estimate of drug-likeness (QED) is 0.840. The fraction of sp³-hybridized carbons (Fsp3) is 0.231. The van der Waals surface area contributed by atoms with Crippen LogP contribution in [0, 0.1) is 0 Å². The molecule has 0 saturated carbocycles. The summed E-state index contributed by atoms with van der Waals surface area (Å²) in [6.45, 7) is 0.549. The van der Waals surface area contributed by atoms with Crippen molar-refractivity contribution in [2.45, 2.75) is 11.3 Å². The van der Waals surface area contributed by atoms with Crippen molar-refractivity contribution in [3.05, 3.63) is 46.5 Å². The highest BCUT2D eigenvalue weighted by molar-refractivity contribution is 9.10. The Bertz CT molecular complexity index is 597. The van der Waals surface area contributed by atoms with Gasteiger partial charge in [-0.25, -0.2) is 4.98 Å². The Morgan fingerprint density at radius 2 is 2.32 bits per heavy atom. The highest BCUT2D eigenvalue weighted by Gasteiger charge is 2.09. The molecule has 0 aliphatic heterocycles. The second kappa shape index (κ2) is 6.25. The molecule has 1 aromatic heterocycles. The summed E-state index contributed by atoms with van der Waals surface area (Å²) < 4.78 is 2.84. The van der Waals surface area contributed by atoms with Crippen molar-refractivity contribution in [3.63, 3.8) is 0 Å². The van der Waals surface area contributed by atoms with E-state index >= 15 is 0 Å². The van der Waals surface area contributed by atoms with Gasteiger partial charge in [0.2, 0.25) is 0 Å². The van der Waals surface area contributed by atoms with Gasteiger partial charge in [-0.1, -0.05) is 15.9 Å². The Hall–Kier alpha value is -1.27. The Morgan fingerprint density at radius 1 is 1.53 bits per heavy atom. The van der Waals surface area contributed by atoms with Crippen molar-refractivity contribution in [1.29, 1.82) is 0 Å². The molecule has 0 saturated heterocycles. The molecule has 19 heavy (non-hydrogen) atoms. The van der Waals surface area contributed by atoms with Crippen molar-refractivity contribution < 1.29 is 4.79 Å². The van der Waals surface area contributed by atoms with E-state index in [2.05, 4.69) is 38.9 Å². The number of nitrogens with zero attached hydrogens (tertiary/aromatic N) is 2. The van der Waals surface area contributed by atoms with E-state index in [1.165, 1.54) is 0 Å². The molecule has 2 aromatic rings. The van der Waals surface area contributed by atoms with Gasteiger partial charge in [0.15, 0.2) is 0 Å². The third kappa shape index (κ3) is 3.61. The number of carbonyl (C=O) groups is 1. The zero-order valence-corrected chi connectivity index (χ0v) is 12.9. The van der Waals surface area contributed by atoms with Gasteiger partial charge in [-0.2, -0.15) is 0 Å². The predicted molar refractivity (Wildman–Crippen MR) is 80.6 cm³/mol. The first-order valence-electron chi connectivity index (χ1n) is 5.81. The number of amides is 1. The van der Waals surface area contributed by atoms with Crippen LogP contribution in [0.1, 0.15) is 16.2 Å². The molecule has 1 amide bonds. The van der Waals surface area contributed by atoms with Crippen LogP contribution < -0.4 is 5.32 Å². The Morgan fingerprint density at radius 3 is 2.95 bits per heavy atom. The maximum absolute atomic E-state index is 12.0. The van der Waals surface area contributed by atoms with Gasteiger partial charge in [0.1, 0.15) is 5.82 Å². The van der Waals surface area contributed by atoms with Crippen LogP contribution in [0.3, 0.4) is 0 Å². The molecule has 0 radical (unpaired) electrons. The Balaban J connectivity index is 1.93. The van der Waals surface area contributed by atoms with Gasteiger partial charge in [-0.3, -0.25) is 4.79 Å². The SMILES string of the molecule is Cn1ccnc1CCNC(=O)c1ccc(Br)cc1S. The minimum Gasteiger partial charge on any atom is -0.352 e. The first-order valence-corrected chi connectivity index (χ1v) is 7.05. The van der Waals surface area contributed by atoms with Crippen LogP contribution >= 0.6 is 28.6 Å². The molecule has 4 nitrogen and oxygen atoms in total. The molecule has 1 aromatic carbocycles. The lowest BCUT2D eigenvalue weighted by molar-refractivity contribution is 0.0951. The van der Waals surface area contributed by atoms with Gasteiger partial charge in [-0.05, 0) is 18.2 Å². The van der Waals surface area contributed by atoms with E-state index in [-0.39, 0.29) is 5.91 Å². The van der Waals surface area contributed by atoms with Gasteiger partial charge >= 0.3 is 0 Å². The summed E-state index contributed by atoms with van der Waals surface area (Å²) in [6, 6.07) is 5.38. The van der Waals surface area contributed by atoms with Gasteiger partial charge in [0.25, 0.3) is 5.91 Å². The molecule has 1 N–H and O–H groups in total. The maximum Gasteiger partial charge on any atom is 0.252 e. The van der Waals surface area contributed by atoms with Crippen molar-refractivity contribution in [2.75, 3.05) is 6.54 Å². The van der Waals surface area contributed by atoms with Crippen molar-refractivity contribution in [2.24, 2.45) is 7.05 Å². The van der Waals surface area contributed by atoms with E-state index in [1.807, 2.05) is 23.9 Å². The van der Waals surface area contributed by atoms with E-state index in [9.17, 15) is 4.79 Å². The van der Waals surface area contributed by atoms with Crippen LogP contribution in [0.4, 0.5) is 0 Å². The molecule has 0 spiro atoms. The second-order valence-electron chi connectivity index (χ2n) is 4.12. The molecule has 0 aliphatic rings. The summed E-state index contributed by atoms with van der Waals surface area (Å²) >= 11 is 7.64. The molecule has 0 unspecified atom stereocenters. The first-order chi connectivity index (χ1) is 9.08. The zero-order chi connectivity index (χ0) is 13.8. The monoisotopic (exact) mass is 339 g/mol. The smallest absolute Gasteiger partial charge is 0.252 e. The fourth-order valence-electron chi connectivity index (χ4n) is 1.72. The topological polar surface area (TPSA) is 46.9 Å². The average molecular weight is 340 g/mol. The number of nitrogens with one attached hydrogen (secondary N) is 1. The normalized spacial score (nSPS) is 10.5.